The van der Waals surface area contributed by atoms with Crippen LogP contribution in [0.3, 0.4) is 0 Å². The summed E-state index contributed by atoms with van der Waals surface area (Å²) in [7, 11) is 1.65. The second-order valence-electron chi connectivity index (χ2n) is 8.43. The molecule has 0 radical (unpaired) electrons. The van der Waals surface area contributed by atoms with Crippen molar-refractivity contribution in [2.24, 2.45) is 7.05 Å². The van der Waals surface area contributed by atoms with Crippen LogP contribution in [0.2, 0.25) is 0 Å². The van der Waals surface area contributed by atoms with Crippen LogP contribution in [0.1, 0.15) is 42.4 Å². The number of hydrogen-bond acceptors (Lipinski definition) is 7. The predicted molar refractivity (Wildman–Crippen MR) is 118 cm³/mol. The van der Waals surface area contributed by atoms with Gasteiger partial charge in [-0.2, -0.15) is 4.98 Å². The number of fused-ring (bicyclic) bond motifs is 4. The van der Waals surface area contributed by atoms with Gasteiger partial charge in [0.2, 0.25) is 0 Å². The summed E-state index contributed by atoms with van der Waals surface area (Å²) < 4.78 is 50.5. The molecule has 0 N–H and O–H groups in total. The van der Waals surface area contributed by atoms with Crippen molar-refractivity contribution < 1.29 is 19.7 Å². The highest BCUT2D eigenvalue weighted by Crippen LogP contribution is 2.35. The highest BCUT2D eigenvalue weighted by molar-refractivity contribution is 5.55. The van der Waals surface area contributed by atoms with E-state index in [0.717, 1.165) is 68.7 Å². The first-order chi connectivity index (χ1) is 17.1. The van der Waals surface area contributed by atoms with Gasteiger partial charge >= 0.3 is 5.69 Å². The van der Waals surface area contributed by atoms with Crippen LogP contribution in [0, 0.1) is 0 Å². The number of piperidine rings is 1. The summed E-state index contributed by atoms with van der Waals surface area (Å²) >= 11 is 0. The minimum absolute atomic E-state index is 0.0518. The molecule has 3 aromatic rings. The van der Waals surface area contributed by atoms with Crippen LogP contribution in [0.25, 0.3) is 5.78 Å². The van der Waals surface area contributed by atoms with Gasteiger partial charge in [-0.3, -0.25) is 0 Å². The van der Waals surface area contributed by atoms with E-state index in [4.69, 9.17) is 24.7 Å². The lowest BCUT2D eigenvalue weighted by Crippen LogP contribution is -2.40. The van der Waals surface area contributed by atoms with Gasteiger partial charge in [0.1, 0.15) is 30.8 Å². The van der Waals surface area contributed by atoms with Gasteiger partial charge in [0.25, 0.3) is 5.78 Å². The Bertz CT molecular complexity index is 1400. The van der Waals surface area contributed by atoms with Crippen LogP contribution in [0.5, 0.6) is 17.2 Å². The first kappa shape index (κ1) is 15.6. The molecule has 32 heavy (non-hydrogen) atoms. The lowest BCUT2D eigenvalue weighted by molar-refractivity contribution is 0.159. The first-order valence-electron chi connectivity index (χ1n) is 13.0. The number of hydrogen-bond donors (Lipinski definition) is 0. The molecule has 1 fully saturated rings. The molecule has 0 atom stereocenters. The number of rotatable bonds is 3. The third-order valence-corrected chi connectivity index (χ3v) is 6.42. The summed E-state index contributed by atoms with van der Waals surface area (Å²) in [6.45, 7) is -3.72. The molecule has 2 aromatic heterocycles. The van der Waals surface area contributed by atoms with Crippen molar-refractivity contribution in [3.05, 3.63) is 39.9 Å². The predicted octanol–water partition coefficient (Wildman–Crippen LogP) is 2.13. The normalized spacial score (nSPS) is 23.6. The Morgan fingerprint density at radius 3 is 2.75 bits per heavy atom. The van der Waals surface area contributed by atoms with Gasteiger partial charge in [-0.25, -0.2) is 13.9 Å². The minimum atomic E-state index is -2.62. The molecule has 1 aliphatic carbocycles. The van der Waals surface area contributed by atoms with Gasteiger partial charge in [-0.15, -0.1) is 5.10 Å². The van der Waals surface area contributed by atoms with E-state index < -0.39 is 13.1 Å². The van der Waals surface area contributed by atoms with Gasteiger partial charge in [0.05, 0.1) is 5.48 Å². The van der Waals surface area contributed by atoms with Crippen molar-refractivity contribution in [3.8, 4) is 17.2 Å². The molecular formula is C23H27N5O4. The molecule has 0 saturated carbocycles. The van der Waals surface area contributed by atoms with E-state index in [1.807, 2.05) is 0 Å². The van der Waals surface area contributed by atoms with Gasteiger partial charge in [0.15, 0.2) is 11.5 Å². The number of aryl methyl sites for hydroxylation is 2. The fourth-order valence-electron chi connectivity index (χ4n) is 4.82. The van der Waals surface area contributed by atoms with Gasteiger partial charge < -0.3 is 19.1 Å². The van der Waals surface area contributed by atoms with Crippen molar-refractivity contribution in [1.29, 1.82) is 0 Å². The summed E-state index contributed by atoms with van der Waals surface area (Å²) in [5.41, 5.74) is 2.01. The van der Waals surface area contributed by atoms with Gasteiger partial charge in [0, 0.05) is 50.3 Å². The Morgan fingerprint density at radius 1 is 1.12 bits per heavy atom. The lowest BCUT2D eigenvalue weighted by atomic mass is 9.95. The summed E-state index contributed by atoms with van der Waals surface area (Å²) in [6, 6.07) is 4.75. The summed E-state index contributed by atoms with van der Waals surface area (Å²) in [4.78, 5) is 19.6. The highest BCUT2D eigenvalue weighted by Gasteiger charge is 2.28. The quantitative estimate of drug-likeness (QED) is 0.616. The van der Waals surface area contributed by atoms with E-state index in [0.29, 0.717) is 11.5 Å². The molecule has 3 aliphatic rings. The monoisotopic (exact) mass is 441 g/mol. The zero-order chi connectivity index (χ0) is 25.2. The summed E-state index contributed by atoms with van der Waals surface area (Å²) in [6.07, 6.45) is 5.33. The van der Waals surface area contributed by atoms with E-state index in [2.05, 4.69) is 10.00 Å². The first-order valence-corrected chi connectivity index (χ1v) is 11.0. The fraction of sp³-hybridized carbons (Fsp3) is 0.522. The molecule has 0 unspecified atom stereocenters. The van der Waals surface area contributed by atoms with Crippen LogP contribution >= 0.6 is 0 Å². The van der Waals surface area contributed by atoms with E-state index in [1.54, 1.807) is 23.6 Å². The molecule has 9 nitrogen and oxygen atoms in total. The number of aromatic nitrogens is 4. The second kappa shape index (κ2) is 7.72. The molecule has 0 amide bonds. The molecule has 1 aromatic carbocycles. The molecule has 2 aliphatic heterocycles. The maximum atomic E-state index is 12.6. The number of nitrogens with zero attached hydrogens (tertiary/aromatic N) is 5. The smallest absolute Gasteiger partial charge is 0.351 e. The number of ether oxygens (including phenoxy) is 3. The zero-order valence-electron chi connectivity index (χ0n) is 21.8. The van der Waals surface area contributed by atoms with Gasteiger partial charge in [-0.1, -0.05) is 0 Å². The Balaban J connectivity index is 1.19. The fourth-order valence-corrected chi connectivity index (χ4v) is 4.82. The molecule has 0 spiro atoms. The van der Waals surface area contributed by atoms with Crippen molar-refractivity contribution in [2.45, 2.75) is 44.6 Å². The van der Waals surface area contributed by atoms with Crippen LogP contribution in [-0.2, 0) is 19.9 Å². The third kappa shape index (κ3) is 3.27. The zero-order valence-corrected chi connectivity index (χ0v) is 17.8. The van der Waals surface area contributed by atoms with E-state index in [-0.39, 0.29) is 23.3 Å². The molecule has 6 rings (SSSR count). The Kier molecular flexibility index (Phi) is 3.75. The Hall–Kier alpha value is -3.23. The van der Waals surface area contributed by atoms with Crippen molar-refractivity contribution in [2.75, 3.05) is 31.1 Å². The number of benzene rings is 1. The minimum Gasteiger partial charge on any atom is -0.490 e. The van der Waals surface area contributed by atoms with Crippen LogP contribution in [0.15, 0.2) is 23.0 Å². The molecule has 1 saturated heterocycles. The second-order valence-corrected chi connectivity index (χ2v) is 8.43. The van der Waals surface area contributed by atoms with Crippen molar-refractivity contribution in [1.82, 2.24) is 19.2 Å². The van der Waals surface area contributed by atoms with Crippen molar-refractivity contribution >= 4 is 11.6 Å². The Morgan fingerprint density at radius 2 is 1.91 bits per heavy atom. The van der Waals surface area contributed by atoms with E-state index in [1.165, 1.54) is 10.7 Å². The third-order valence-electron chi connectivity index (χ3n) is 6.42. The van der Waals surface area contributed by atoms with Gasteiger partial charge in [-0.05, 0) is 37.8 Å². The average molecular weight is 442 g/mol. The standard InChI is InChI=1S/C23H27N5O4/c1-26-23(29)28-18-5-3-2-4-17(18)21(24-22(28)25-26)27-10-8-15(9-11-27)32-16-6-7-19-20(14-16)31-13-12-30-19/h6-7,14-15H,2-5,8-13H2,1H3/i12D2,13D2. The number of anilines is 1. The Labute approximate surface area is 191 Å². The largest absolute Gasteiger partial charge is 0.490 e. The van der Waals surface area contributed by atoms with Crippen molar-refractivity contribution in [3.63, 3.8) is 0 Å². The summed E-state index contributed by atoms with van der Waals surface area (Å²) in [5, 5.41) is 4.33. The highest BCUT2D eigenvalue weighted by atomic mass is 16.6. The van der Waals surface area contributed by atoms with Crippen LogP contribution < -0.4 is 24.8 Å². The molecule has 9 heteroatoms. The SMILES string of the molecule is [2H]C1([2H])Oc2ccc(OC3CCN(c4nc5nn(C)c(=O)n5c5c4CCCC5)CC3)cc2OC1([2H])[2H]. The lowest BCUT2D eigenvalue weighted by Gasteiger charge is -2.35. The average Bonchev–Trinajstić information content (AvgIpc) is 3.13. The van der Waals surface area contributed by atoms with Crippen LogP contribution in [0.4, 0.5) is 5.82 Å². The molecule has 168 valence electrons. The maximum absolute atomic E-state index is 12.6. The van der Waals surface area contributed by atoms with Crippen LogP contribution in [-0.4, -0.2) is 51.5 Å². The molecular weight excluding hydrogens is 410 g/mol. The topological polar surface area (TPSA) is 83.1 Å². The molecule has 4 heterocycles. The van der Waals surface area contributed by atoms with E-state index in [9.17, 15) is 4.79 Å². The molecule has 0 bridgehead atoms. The van der Waals surface area contributed by atoms with E-state index >= 15 is 0 Å². The summed E-state index contributed by atoms with van der Waals surface area (Å²) in [5.74, 6) is 2.12. The maximum Gasteiger partial charge on any atom is 0.351 e.